The van der Waals surface area contributed by atoms with Gasteiger partial charge in [0.1, 0.15) is 18.5 Å². The summed E-state index contributed by atoms with van der Waals surface area (Å²) in [5.74, 6) is -0.0868. The molecule has 0 aromatic carbocycles. The normalized spacial score (nSPS) is 16.8. The number of aliphatic carboxylic acids is 1. The van der Waals surface area contributed by atoms with Crippen molar-refractivity contribution in [3.63, 3.8) is 0 Å². The average molecular weight is 572 g/mol. The Morgan fingerprint density at radius 3 is 2.76 bits per heavy atom. The number of alkyl halides is 1. The maximum absolute atomic E-state index is 13.5. The van der Waals surface area contributed by atoms with Crippen LogP contribution >= 0.6 is 0 Å². The van der Waals surface area contributed by atoms with E-state index in [1.807, 2.05) is 4.90 Å². The third kappa shape index (κ3) is 7.91. The van der Waals surface area contributed by atoms with Gasteiger partial charge in [-0.1, -0.05) is 12.1 Å². The second kappa shape index (κ2) is 14.5. The zero-order valence-corrected chi connectivity index (χ0v) is 24.0. The van der Waals surface area contributed by atoms with Gasteiger partial charge in [-0.05, 0) is 75.6 Å². The molecule has 2 aliphatic rings. The first-order valence-electron chi connectivity index (χ1n) is 14.5. The molecule has 3 N–H and O–H groups in total. The molecule has 4 rings (SSSR count). The van der Waals surface area contributed by atoms with Crippen molar-refractivity contribution in [2.75, 3.05) is 52.4 Å². The molecule has 0 spiro atoms. The molecule has 3 heterocycles. The monoisotopic (exact) mass is 571 g/mol. The number of hydrogen-bond acceptors (Lipinski definition) is 8. The van der Waals surface area contributed by atoms with Gasteiger partial charge >= 0.3 is 5.97 Å². The van der Waals surface area contributed by atoms with Gasteiger partial charge in [0.15, 0.2) is 0 Å². The molecule has 1 fully saturated rings. The van der Waals surface area contributed by atoms with E-state index in [0.29, 0.717) is 43.9 Å². The number of methoxy groups -OCH3 is 2. The molecule has 2 aromatic heterocycles. The van der Waals surface area contributed by atoms with Gasteiger partial charge in [-0.3, -0.25) is 4.79 Å². The molecule has 1 aliphatic carbocycles. The van der Waals surface area contributed by atoms with Crippen molar-refractivity contribution in [2.24, 2.45) is 0 Å². The van der Waals surface area contributed by atoms with Crippen LogP contribution in [0.4, 0.5) is 10.2 Å². The Bertz CT molecular complexity index is 1170. The first-order valence-corrected chi connectivity index (χ1v) is 14.5. The number of pyridine rings is 2. The first-order chi connectivity index (χ1) is 19.9. The van der Waals surface area contributed by atoms with Gasteiger partial charge in [0.25, 0.3) is 0 Å². The van der Waals surface area contributed by atoms with Crippen LogP contribution in [-0.2, 0) is 32.6 Å². The minimum atomic E-state index is -1.10. The number of carboxylic acids is 1. The number of amides is 1. The Kier molecular flexibility index (Phi) is 10.9. The number of carbonyl (C=O) groups excluding carboxylic acids is 1. The van der Waals surface area contributed by atoms with Gasteiger partial charge in [-0.25, -0.2) is 19.2 Å². The van der Waals surface area contributed by atoms with Gasteiger partial charge < -0.3 is 30.1 Å². The third-order valence-electron chi connectivity index (χ3n) is 8.08. The van der Waals surface area contributed by atoms with Crippen LogP contribution in [0.1, 0.15) is 55.3 Å². The van der Waals surface area contributed by atoms with Crippen molar-refractivity contribution >= 4 is 17.7 Å². The quantitative estimate of drug-likeness (QED) is 0.246. The van der Waals surface area contributed by atoms with Crippen molar-refractivity contribution < 1.29 is 28.6 Å². The maximum atomic E-state index is 13.5. The molecule has 0 saturated heterocycles. The molecule has 2 aromatic rings. The molecule has 1 aliphatic heterocycles. The number of ether oxygens (including phenoxy) is 2. The Labute approximate surface area is 241 Å². The van der Waals surface area contributed by atoms with Gasteiger partial charge in [0.2, 0.25) is 11.8 Å². The van der Waals surface area contributed by atoms with Crippen LogP contribution in [-0.4, -0.2) is 91.1 Å². The highest BCUT2D eigenvalue weighted by atomic mass is 19.1. The molecular weight excluding hydrogens is 529 g/mol. The molecule has 2 atom stereocenters. The van der Waals surface area contributed by atoms with Crippen LogP contribution < -0.4 is 15.4 Å². The van der Waals surface area contributed by atoms with Crippen LogP contribution in [0.3, 0.4) is 0 Å². The standard InChI is InChI=1S/C30H42FN5O5/c1-40-23(19-31)20-36(17-4-3-8-22-11-10-21-7-5-15-32-26(21)34-22)18-12-25(28(37)38)35-29(39)30(13-14-30)24-9-6-16-33-27(24)41-2/h6,9-11,16,23,25H,3-5,7-8,12-15,17-20H2,1-2H3,(H,32,34)(H,35,39)(H,37,38)/t23-,25+/m1/s1. The summed E-state index contributed by atoms with van der Waals surface area (Å²) in [6.45, 7) is 1.68. The lowest BCUT2D eigenvalue weighted by Crippen LogP contribution is -2.47. The minimum absolute atomic E-state index is 0.183. The lowest BCUT2D eigenvalue weighted by molar-refractivity contribution is -0.142. The van der Waals surface area contributed by atoms with E-state index < -0.39 is 30.2 Å². The Morgan fingerprint density at radius 1 is 1.22 bits per heavy atom. The summed E-state index contributed by atoms with van der Waals surface area (Å²) in [5, 5.41) is 16.0. The predicted octanol–water partition coefficient (Wildman–Crippen LogP) is 3.14. The summed E-state index contributed by atoms with van der Waals surface area (Å²) in [7, 11) is 2.97. The van der Waals surface area contributed by atoms with Gasteiger partial charge in [-0.15, -0.1) is 0 Å². The number of nitrogens with zero attached hydrogens (tertiary/aromatic N) is 3. The molecule has 1 amide bonds. The van der Waals surface area contributed by atoms with E-state index in [9.17, 15) is 19.1 Å². The predicted molar refractivity (Wildman–Crippen MR) is 153 cm³/mol. The molecular formula is C30H42FN5O5. The fourth-order valence-electron chi connectivity index (χ4n) is 5.45. The number of rotatable bonds is 17. The number of fused-ring (bicyclic) bond motifs is 1. The first kappa shape index (κ1) is 30.6. The van der Waals surface area contributed by atoms with Gasteiger partial charge in [0, 0.05) is 44.2 Å². The molecule has 224 valence electrons. The van der Waals surface area contributed by atoms with Crippen molar-refractivity contribution in [1.82, 2.24) is 20.2 Å². The zero-order chi connectivity index (χ0) is 29.2. The van der Waals surface area contributed by atoms with Crippen LogP contribution in [0.25, 0.3) is 0 Å². The maximum Gasteiger partial charge on any atom is 0.326 e. The average Bonchev–Trinajstić information content (AvgIpc) is 3.81. The fraction of sp³-hybridized carbons (Fsp3) is 0.600. The van der Waals surface area contributed by atoms with E-state index in [1.54, 1.807) is 18.3 Å². The largest absolute Gasteiger partial charge is 0.481 e. The number of aryl methyl sites for hydroxylation is 2. The summed E-state index contributed by atoms with van der Waals surface area (Å²) < 4.78 is 24.1. The van der Waals surface area contributed by atoms with Crippen LogP contribution in [0.5, 0.6) is 5.88 Å². The SMILES string of the molecule is COc1ncccc1C1(C(=O)N[C@@H](CCN(CCCCc2ccc3c(n2)NCCC3)C[C@@H](CF)OC)C(=O)O)CC1. The number of carboxylic acid groups (broad SMARTS) is 1. The smallest absolute Gasteiger partial charge is 0.326 e. The number of anilines is 1. The second-order valence-electron chi connectivity index (χ2n) is 10.9. The summed E-state index contributed by atoms with van der Waals surface area (Å²) in [5.41, 5.74) is 2.13. The Morgan fingerprint density at radius 2 is 2.05 bits per heavy atom. The van der Waals surface area contributed by atoms with Gasteiger partial charge in [-0.2, -0.15) is 0 Å². The van der Waals surface area contributed by atoms with Crippen molar-refractivity contribution in [2.45, 2.75) is 68.9 Å². The lowest BCUT2D eigenvalue weighted by atomic mass is 9.95. The van der Waals surface area contributed by atoms with Crippen molar-refractivity contribution in [1.29, 1.82) is 0 Å². The van der Waals surface area contributed by atoms with Gasteiger partial charge in [0.05, 0.1) is 18.6 Å². The number of unbranched alkanes of at least 4 members (excludes halogenated alkanes) is 1. The minimum Gasteiger partial charge on any atom is -0.481 e. The molecule has 0 radical (unpaired) electrons. The molecule has 10 nitrogen and oxygen atoms in total. The lowest BCUT2D eigenvalue weighted by Gasteiger charge is -2.27. The number of halogens is 1. The van der Waals surface area contributed by atoms with Crippen LogP contribution in [0.2, 0.25) is 0 Å². The number of aromatic nitrogens is 2. The van der Waals surface area contributed by atoms with Crippen LogP contribution in [0.15, 0.2) is 30.5 Å². The zero-order valence-electron chi connectivity index (χ0n) is 24.0. The highest BCUT2D eigenvalue weighted by molar-refractivity contribution is 5.94. The number of nitrogens with one attached hydrogen (secondary N) is 2. The highest BCUT2D eigenvalue weighted by Gasteiger charge is 2.54. The van der Waals surface area contributed by atoms with Crippen molar-refractivity contribution in [3.05, 3.63) is 47.3 Å². The second-order valence-corrected chi connectivity index (χ2v) is 10.9. The Balaban J connectivity index is 1.33. The van der Waals surface area contributed by atoms with E-state index in [1.165, 1.54) is 19.8 Å². The molecule has 0 bridgehead atoms. The highest BCUT2D eigenvalue weighted by Crippen LogP contribution is 2.51. The third-order valence-corrected chi connectivity index (χ3v) is 8.08. The summed E-state index contributed by atoms with van der Waals surface area (Å²) in [6, 6.07) is 6.70. The van der Waals surface area contributed by atoms with E-state index in [-0.39, 0.29) is 12.3 Å². The number of hydrogen-bond donors (Lipinski definition) is 3. The molecule has 41 heavy (non-hydrogen) atoms. The number of carbonyl (C=O) groups is 2. The summed E-state index contributed by atoms with van der Waals surface area (Å²) in [4.78, 5) is 36.4. The fourth-order valence-corrected chi connectivity index (χ4v) is 5.45. The molecule has 1 saturated carbocycles. The van der Waals surface area contributed by atoms with E-state index in [0.717, 1.165) is 50.2 Å². The summed E-state index contributed by atoms with van der Waals surface area (Å²) >= 11 is 0. The van der Waals surface area contributed by atoms with E-state index >= 15 is 0 Å². The van der Waals surface area contributed by atoms with E-state index in [4.69, 9.17) is 14.5 Å². The molecule has 0 unspecified atom stereocenters. The molecule has 11 heteroatoms. The Hall–Kier alpha value is -3.31. The van der Waals surface area contributed by atoms with Crippen molar-refractivity contribution in [3.8, 4) is 5.88 Å². The van der Waals surface area contributed by atoms with Crippen LogP contribution in [0, 0.1) is 0 Å². The topological polar surface area (TPSA) is 126 Å². The summed E-state index contributed by atoms with van der Waals surface area (Å²) in [6.07, 6.45) is 7.10. The van der Waals surface area contributed by atoms with E-state index in [2.05, 4.69) is 27.8 Å².